The topological polar surface area (TPSA) is 58.4 Å². The molecule has 0 spiro atoms. The van der Waals surface area contributed by atoms with Crippen molar-refractivity contribution >= 4 is 5.91 Å². The SMILES string of the molecule is CC(C)CN(CC(N)=O)CC1CCNCC1. The molecule has 1 fully saturated rings. The smallest absolute Gasteiger partial charge is 0.231 e. The Morgan fingerprint density at radius 1 is 1.44 bits per heavy atom. The highest BCUT2D eigenvalue weighted by Gasteiger charge is 2.18. The Bertz CT molecular complexity index is 212. The van der Waals surface area contributed by atoms with Crippen molar-refractivity contribution in [2.75, 3.05) is 32.7 Å². The number of primary amides is 1. The van der Waals surface area contributed by atoms with Gasteiger partial charge in [0.05, 0.1) is 6.54 Å². The third-order valence-electron chi connectivity index (χ3n) is 2.98. The molecule has 4 heteroatoms. The van der Waals surface area contributed by atoms with E-state index in [0.29, 0.717) is 12.5 Å². The molecule has 0 aromatic heterocycles. The second-order valence-corrected chi connectivity index (χ2v) is 5.25. The Labute approximate surface area is 98.6 Å². The van der Waals surface area contributed by atoms with Crippen LogP contribution in [0.1, 0.15) is 26.7 Å². The Morgan fingerprint density at radius 2 is 2.06 bits per heavy atom. The van der Waals surface area contributed by atoms with Crippen LogP contribution in [0.15, 0.2) is 0 Å². The van der Waals surface area contributed by atoms with E-state index in [1.54, 1.807) is 0 Å². The Morgan fingerprint density at radius 3 is 2.56 bits per heavy atom. The van der Waals surface area contributed by atoms with Crippen LogP contribution in [0, 0.1) is 11.8 Å². The summed E-state index contributed by atoms with van der Waals surface area (Å²) in [6.07, 6.45) is 2.43. The van der Waals surface area contributed by atoms with Crippen molar-refractivity contribution in [3.8, 4) is 0 Å². The van der Waals surface area contributed by atoms with Crippen molar-refractivity contribution in [2.45, 2.75) is 26.7 Å². The number of nitrogens with two attached hydrogens (primary N) is 1. The summed E-state index contributed by atoms with van der Waals surface area (Å²) in [5.41, 5.74) is 5.28. The highest BCUT2D eigenvalue weighted by Crippen LogP contribution is 2.14. The predicted molar refractivity (Wildman–Crippen MR) is 66.1 cm³/mol. The van der Waals surface area contributed by atoms with E-state index in [4.69, 9.17) is 5.73 Å². The average molecular weight is 227 g/mol. The molecule has 3 N–H and O–H groups in total. The summed E-state index contributed by atoms with van der Waals surface area (Å²) in [7, 11) is 0. The van der Waals surface area contributed by atoms with Gasteiger partial charge in [-0.3, -0.25) is 9.69 Å². The van der Waals surface area contributed by atoms with Crippen LogP contribution in [0.25, 0.3) is 0 Å². The van der Waals surface area contributed by atoms with E-state index in [-0.39, 0.29) is 5.91 Å². The average Bonchev–Trinajstić information content (AvgIpc) is 2.16. The molecule has 1 aliphatic heterocycles. The Kier molecular flexibility index (Phi) is 5.77. The van der Waals surface area contributed by atoms with Crippen LogP contribution in [0.2, 0.25) is 0 Å². The zero-order valence-corrected chi connectivity index (χ0v) is 10.5. The molecule has 1 rings (SSSR count). The molecule has 16 heavy (non-hydrogen) atoms. The highest BCUT2D eigenvalue weighted by molar-refractivity contribution is 5.75. The van der Waals surface area contributed by atoms with E-state index in [0.717, 1.165) is 32.1 Å². The first-order valence-corrected chi connectivity index (χ1v) is 6.29. The van der Waals surface area contributed by atoms with Crippen LogP contribution in [0.4, 0.5) is 0 Å². The van der Waals surface area contributed by atoms with E-state index >= 15 is 0 Å². The Balaban J connectivity index is 2.37. The number of carbonyl (C=O) groups is 1. The monoisotopic (exact) mass is 227 g/mol. The minimum atomic E-state index is -0.213. The second-order valence-electron chi connectivity index (χ2n) is 5.25. The first-order chi connectivity index (χ1) is 7.58. The van der Waals surface area contributed by atoms with Gasteiger partial charge >= 0.3 is 0 Å². The van der Waals surface area contributed by atoms with E-state index in [1.807, 2.05) is 0 Å². The van der Waals surface area contributed by atoms with Gasteiger partial charge in [-0.2, -0.15) is 0 Å². The number of piperidine rings is 1. The Hall–Kier alpha value is -0.610. The minimum Gasteiger partial charge on any atom is -0.369 e. The van der Waals surface area contributed by atoms with Gasteiger partial charge in [-0.1, -0.05) is 13.8 Å². The summed E-state index contributed by atoms with van der Waals surface area (Å²) < 4.78 is 0. The zero-order chi connectivity index (χ0) is 12.0. The van der Waals surface area contributed by atoms with Gasteiger partial charge in [-0.05, 0) is 37.8 Å². The molecule has 0 atom stereocenters. The van der Waals surface area contributed by atoms with E-state index in [2.05, 4.69) is 24.1 Å². The van der Waals surface area contributed by atoms with Crippen molar-refractivity contribution in [3.63, 3.8) is 0 Å². The quantitative estimate of drug-likeness (QED) is 0.692. The molecular formula is C12H25N3O. The molecular weight excluding hydrogens is 202 g/mol. The van der Waals surface area contributed by atoms with Crippen LogP contribution >= 0.6 is 0 Å². The first kappa shape index (κ1) is 13.5. The molecule has 0 aliphatic carbocycles. The highest BCUT2D eigenvalue weighted by atomic mass is 16.1. The van der Waals surface area contributed by atoms with Crippen molar-refractivity contribution in [1.29, 1.82) is 0 Å². The van der Waals surface area contributed by atoms with Crippen LogP contribution in [-0.2, 0) is 4.79 Å². The van der Waals surface area contributed by atoms with Crippen LogP contribution in [0.3, 0.4) is 0 Å². The zero-order valence-electron chi connectivity index (χ0n) is 10.5. The maximum atomic E-state index is 11.0. The fraction of sp³-hybridized carbons (Fsp3) is 0.917. The van der Waals surface area contributed by atoms with Gasteiger partial charge in [-0.15, -0.1) is 0 Å². The van der Waals surface area contributed by atoms with Gasteiger partial charge in [0, 0.05) is 13.1 Å². The number of hydrogen-bond acceptors (Lipinski definition) is 3. The van der Waals surface area contributed by atoms with E-state index in [9.17, 15) is 4.79 Å². The lowest BCUT2D eigenvalue weighted by Crippen LogP contribution is -2.41. The lowest BCUT2D eigenvalue weighted by molar-refractivity contribution is -0.119. The summed E-state index contributed by atoms with van der Waals surface area (Å²) in [5, 5.41) is 3.36. The van der Waals surface area contributed by atoms with Gasteiger partial charge < -0.3 is 11.1 Å². The molecule has 0 bridgehead atoms. The summed E-state index contributed by atoms with van der Waals surface area (Å²) in [5.74, 6) is 1.09. The third-order valence-corrected chi connectivity index (χ3v) is 2.98. The molecule has 0 aromatic carbocycles. The minimum absolute atomic E-state index is 0.213. The largest absolute Gasteiger partial charge is 0.369 e. The normalized spacial score (nSPS) is 18.2. The first-order valence-electron chi connectivity index (χ1n) is 6.29. The summed E-state index contributed by atoms with van der Waals surface area (Å²) in [6, 6.07) is 0. The van der Waals surface area contributed by atoms with Crippen molar-refractivity contribution in [1.82, 2.24) is 10.2 Å². The maximum absolute atomic E-state index is 11.0. The lowest BCUT2D eigenvalue weighted by Gasteiger charge is -2.30. The summed E-state index contributed by atoms with van der Waals surface area (Å²) in [4.78, 5) is 13.2. The predicted octanol–water partition coefficient (Wildman–Crippen LogP) is 0.429. The fourth-order valence-corrected chi connectivity index (χ4v) is 2.37. The number of amides is 1. The molecule has 1 saturated heterocycles. The second kappa shape index (κ2) is 6.86. The van der Waals surface area contributed by atoms with Gasteiger partial charge in [0.2, 0.25) is 5.91 Å². The van der Waals surface area contributed by atoms with Crippen LogP contribution in [0.5, 0.6) is 0 Å². The number of nitrogens with one attached hydrogen (secondary N) is 1. The standard InChI is InChI=1S/C12H25N3O/c1-10(2)7-15(9-12(13)16)8-11-3-5-14-6-4-11/h10-11,14H,3-9H2,1-2H3,(H2,13,16). The van der Waals surface area contributed by atoms with Gasteiger partial charge in [0.15, 0.2) is 0 Å². The molecule has 1 aliphatic rings. The number of hydrogen-bond donors (Lipinski definition) is 2. The number of nitrogens with zero attached hydrogens (tertiary/aromatic N) is 1. The summed E-state index contributed by atoms with van der Waals surface area (Å²) >= 11 is 0. The van der Waals surface area contributed by atoms with E-state index < -0.39 is 0 Å². The fourth-order valence-electron chi connectivity index (χ4n) is 2.37. The van der Waals surface area contributed by atoms with Gasteiger partial charge in [-0.25, -0.2) is 0 Å². The molecule has 0 saturated carbocycles. The molecule has 0 radical (unpaired) electrons. The third kappa shape index (κ3) is 5.47. The molecule has 0 unspecified atom stereocenters. The molecule has 1 heterocycles. The van der Waals surface area contributed by atoms with Gasteiger partial charge in [0.25, 0.3) is 0 Å². The molecule has 1 amide bonds. The van der Waals surface area contributed by atoms with Crippen LogP contribution < -0.4 is 11.1 Å². The number of carbonyl (C=O) groups excluding carboxylic acids is 1. The van der Waals surface area contributed by atoms with Crippen molar-refractivity contribution in [2.24, 2.45) is 17.6 Å². The number of rotatable bonds is 6. The van der Waals surface area contributed by atoms with Crippen LogP contribution in [-0.4, -0.2) is 43.5 Å². The molecule has 4 nitrogen and oxygen atoms in total. The maximum Gasteiger partial charge on any atom is 0.231 e. The van der Waals surface area contributed by atoms with E-state index in [1.165, 1.54) is 12.8 Å². The lowest BCUT2D eigenvalue weighted by atomic mass is 9.97. The summed E-state index contributed by atoms with van der Waals surface area (Å²) in [6.45, 7) is 8.96. The molecule has 94 valence electrons. The molecule has 0 aromatic rings. The van der Waals surface area contributed by atoms with Gasteiger partial charge in [0.1, 0.15) is 0 Å². The van der Waals surface area contributed by atoms with Crippen molar-refractivity contribution < 1.29 is 4.79 Å². The van der Waals surface area contributed by atoms with Crippen molar-refractivity contribution in [3.05, 3.63) is 0 Å².